The highest BCUT2D eigenvalue weighted by Gasteiger charge is 2.24. The third-order valence-corrected chi connectivity index (χ3v) is 4.17. The molecular weight excluding hydrogens is 266 g/mol. The summed E-state index contributed by atoms with van der Waals surface area (Å²) < 4.78 is 11.4. The van der Waals surface area contributed by atoms with Crippen LogP contribution >= 0.6 is 0 Å². The lowest BCUT2D eigenvalue weighted by atomic mass is 10.0. The minimum absolute atomic E-state index is 0.271. The molecule has 0 aliphatic carbocycles. The normalized spacial score (nSPS) is 28.9. The van der Waals surface area contributed by atoms with Crippen molar-refractivity contribution in [2.45, 2.75) is 37.5 Å². The van der Waals surface area contributed by atoms with Gasteiger partial charge in [-0.05, 0) is 44.0 Å². The summed E-state index contributed by atoms with van der Waals surface area (Å²) in [4.78, 5) is 0. The number of rotatable bonds is 6. The molecule has 2 aliphatic rings. The van der Waals surface area contributed by atoms with Crippen molar-refractivity contribution in [2.24, 2.45) is 0 Å². The van der Waals surface area contributed by atoms with Crippen molar-refractivity contribution in [1.29, 1.82) is 0 Å². The summed E-state index contributed by atoms with van der Waals surface area (Å²) in [6, 6.07) is 9.25. The van der Waals surface area contributed by atoms with Gasteiger partial charge in [-0.2, -0.15) is 0 Å². The van der Waals surface area contributed by atoms with Crippen LogP contribution in [0.1, 0.15) is 30.9 Å². The summed E-state index contributed by atoms with van der Waals surface area (Å²) in [6.45, 7) is 2.51. The average molecular weight is 291 g/mol. The lowest BCUT2D eigenvalue weighted by molar-refractivity contribution is 0.0679. The van der Waals surface area contributed by atoms with E-state index in [1.807, 2.05) is 7.05 Å². The molecule has 3 unspecified atom stereocenters. The fourth-order valence-electron chi connectivity index (χ4n) is 2.98. The highest BCUT2D eigenvalue weighted by molar-refractivity contribution is 5.29. The van der Waals surface area contributed by atoms with Gasteiger partial charge in [0, 0.05) is 25.2 Å². The number of ether oxygens (including phenoxy) is 2. The average Bonchev–Trinajstić information content (AvgIpc) is 3.17. The predicted octanol–water partition coefficient (Wildman–Crippen LogP) is 1.37. The van der Waals surface area contributed by atoms with E-state index in [9.17, 15) is 0 Å². The molecule has 0 aromatic heterocycles. The van der Waals surface area contributed by atoms with E-state index in [4.69, 9.17) is 9.47 Å². The van der Waals surface area contributed by atoms with Crippen LogP contribution < -0.4 is 20.9 Å². The first-order valence-corrected chi connectivity index (χ1v) is 7.85. The molecule has 0 radical (unpaired) electrons. The van der Waals surface area contributed by atoms with Crippen LogP contribution in [-0.4, -0.2) is 39.0 Å². The van der Waals surface area contributed by atoms with Crippen LogP contribution in [0.3, 0.4) is 0 Å². The molecule has 5 heteroatoms. The van der Waals surface area contributed by atoms with E-state index < -0.39 is 0 Å². The smallest absolute Gasteiger partial charge is 0.119 e. The van der Waals surface area contributed by atoms with Crippen molar-refractivity contribution in [2.75, 3.05) is 26.8 Å². The maximum atomic E-state index is 5.80. The van der Waals surface area contributed by atoms with E-state index in [2.05, 4.69) is 40.4 Å². The standard InChI is InChI=1S/C16H25N3O2/c1-17-10-13-9-16(19-18-13)12-4-6-14(7-5-12)21-11-15-3-2-8-20-15/h4-7,13,15-19H,2-3,8-11H2,1H3. The third kappa shape index (κ3) is 3.95. The van der Waals surface area contributed by atoms with Crippen molar-refractivity contribution in [3.05, 3.63) is 29.8 Å². The van der Waals surface area contributed by atoms with Crippen LogP contribution in [0.15, 0.2) is 24.3 Å². The largest absolute Gasteiger partial charge is 0.491 e. The third-order valence-electron chi connectivity index (χ3n) is 4.17. The number of benzene rings is 1. The molecular formula is C16H25N3O2. The van der Waals surface area contributed by atoms with Crippen molar-refractivity contribution >= 4 is 0 Å². The summed E-state index contributed by atoms with van der Waals surface area (Å²) in [5.41, 5.74) is 7.97. The molecule has 3 N–H and O–H groups in total. The number of nitrogens with one attached hydrogen (secondary N) is 3. The molecule has 3 rings (SSSR count). The van der Waals surface area contributed by atoms with E-state index in [-0.39, 0.29) is 6.10 Å². The van der Waals surface area contributed by atoms with Crippen LogP contribution in [0.2, 0.25) is 0 Å². The van der Waals surface area contributed by atoms with Gasteiger partial charge >= 0.3 is 0 Å². The van der Waals surface area contributed by atoms with E-state index in [1.54, 1.807) is 0 Å². The lowest BCUT2D eigenvalue weighted by Crippen LogP contribution is -2.36. The zero-order chi connectivity index (χ0) is 14.5. The van der Waals surface area contributed by atoms with E-state index in [1.165, 1.54) is 5.56 Å². The first-order valence-electron chi connectivity index (χ1n) is 7.85. The Morgan fingerprint density at radius 1 is 1.29 bits per heavy atom. The zero-order valence-corrected chi connectivity index (χ0v) is 12.6. The molecule has 1 aromatic rings. The van der Waals surface area contributed by atoms with E-state index >= 15 is 0 Å². The molecule has 5 nitrogen and oxygen atoms in total. The SMILES string of the molecule is CNCC1CC(c2ccc(OCC3CCCO3)cc2)NN1. The highest BCUT2D eigenvalue weighted by atomic mass is 16.5. The molecule has 2 saturated heterocycles. The molecule has 0 spiro atoms. The molecule has 0 bridgehead atoms. The fraction of sp³-hybridized carbons (Fsp3) is 0.625. The Morgan fingerprint density at radius 2 is 2.14 bits per heavy atom. The molecule has 3 atom stereocenters. The van der Waals surface area contributed by atoms with E-state index in [0.717, 1.165) is 38.2 Å². The summed E-state index contributed by atoms with van der Waals surface area (Å²) in [5.74, 6) is 0.923. The topological polar surface area (TPSA) is 54.5 Å². The maximum absolute atomic E-state index is 5.80. The molecule has 2 heterocycles. The van der Waals surface area contributed by atoms with E-state index in [0.29, 0.717) is 18.7 Å². The van der Waals surface area contributed by atoms with Gasteiger partial charge in [0.15, 0.2) is 0 Å². The number of hydrogen-bond acceptors (Lipinski definition) is 5. The second-order valence-corrected chi connectivity index (χ2v) is 5.85. The molecule has 21 heavy (non-hydrogen) atoms. The van der Waals surface area contributed by atoms with Gasteiger partial charge in [0.05, 0.1) is 6.10 Å². The van der Waals surface area contributed by atoms with Gasteiger partial charge in [-0.15, -0.1) is 0 Å². The first kappa shape index (κ1) is 14.8. The molecule has 0 amide bonds. The first-order chi connectivity index (χ1) is 10.3. The Labute approximate surface area is 126 Å². The summed E-state index contributed by atoms with van der Waals surface area (Å²) in [7, 11) is 1.98. The van der Waals surface area contributed by atoms with Crippen molar-refractivity contribution in [1.82, 2.24) is 16.2 Å². The number of likely N-dealkylation sites (N-methyl/N-ethyl adjacent to an activating group) is 1. The Morgan fingerprint density at radius 3 is 2.86 bits per heavy atom. The monoisotopic (exact) mass is 291 g/mol. The predicted molar refractivity (Wildman–Crippen MR) is 82.3 cm³/mol. The number of hydrazine groups is 1. The van der Waals surface area contributed by atoms with Gasteiger partial charge in [-0.1, -0.05) is 12.1 Å². The van der Waals surface area contributed by atoms with Crippen LogP contribution in [-0.2, 0) is 4.74 Å². The van der Waals surface area contributed by atoms with Gasteiger partial charge in [0.2, 0.25) is 0 Å². The summed E-state index contributed by atoms with van der Waals surface area (Å²) >= 11 is 0. The molecule has 1 aromatic carbocycles. The van der Waals surface area contributed by atoms with Crippen LogP contribution in [0.5, 0.6) is 5.75 Å². The minimum atomic E-state index is 0.271. The fourth-order valence-corrected chi connectivity index (χ4v) is 2.98. The molecule has 116 valence electrons. The van der Waals surface area contributed by atoms with Crippen molar-refractivity contribution in [3.8, 4) is 5.75 Å². The molecule has 0 saturated carbocycles. The Bertz CT molecular complexity index is 432. The maximum Gasteiger partial charge on any atom is 0.119 e. The molecule has 2 fully saturated rings. The van der Waals surface area contributed by atoms with Gasteiger partial charge < -0.3 is 14.8 Å². The highest BCUT2D eigenvalue weighted by Crippen LogP contribution is 2.24. The second kappa shape index (κ2) is 7.22. The zero-order valence-electron chi connectivity index (χ0n) is 12.6. The Kier molecular flexibility index (Phi) is 5.08. The Balaban J connectivity index is 1.49. The molecule has 2 aliphatic heterocycles. The quantitative estimate of drug-likeness (QED) is 0.739. The van der Waals surface area contributed by atoms with Crippen molar-refractivity contribution in [3.63, 3.8) is 0 Å². The van der Waals surface area contributed by atoms with Crippen molar-refractivity contribution < 1.29 is 9.47 Å². The van der Waals surface area contributed by atoms with Gasteiger partial charge in [-0.3, -0.25) is 5.43 Å². The lowest BCUT2D eigenvalue weighted by Gasteiger charge is -2.13. The van der Waals surface area contributed by atoms with Gasteiger partial charge in [0.1, 0.15) is 12.4 Å². The van der Waals surface area contributed by atoms with Gasteiger partial charge in [0.25, 0.3) is 0 Å². The Hall–Kier alpha value is -1.14. The van der Waals surface area contributed by atoms with Crippen LogP contribution in [0, 0.1) is 0 Å². The number of hydrogen-bond donors (Lipinski definition) is 3. The summed E-state index contributed by atoms with van der Waals surface area (Å²) in [5, 5.41) is 3.20. The van der Waals surface area contributed by atoms with Gasteiger partial charge in [-0.25, -0.2) is 5.43 Å². The van der Waals surface area contributed by atoms with Crippen LogP contribution in [0.25, 0.3) is 0 Å². The summed E-state index contributed by atoms with van der Waals surface area (Å²) in [6.07, 6.45) is 3.63. The second-order valence-electron chi connectivity index (χ2n) is 5.85. The minimum Gasteiger partial charge on any atom is -0.491 e. The van der Waals surface area contributed by atoms with Crippen LogP contribution in [0.4, 0.5) is 0 Å².